The van der Waals surface area contributed by atoms with Crippen LogP contribution in [0.15, 0.2) is 72.8 Å². The first kappa shape index (κ1) is 30.4. The highest BCUT2D eigenvalue weighted by molar-refractivity contribution is 6.38. The Morgan fingerprint density at radius 3 is 2.12 bits per heavy atom. The molecule has 13 heteroatoms. The largest absolute Gasteiger partial charge is 0.463 e. The van der Waals surface area contributed by atoms with Crippen molar-refractivity contribution in [3.8, 4) is 5.75 Å². The smallest absolute Gasteiger partial charge is 0.461 e. The zero-order valence-corrected chi connectivity index (χ0v) is 21.9. The van der Waals surface area contributed by atoms with Gasteiger partial charge in [0.2, 0.25) is 0 Å². The van der Waals surface area contributed by atoms with Crippen molar-refractivity contribution in [3.05, 3.63) is 101 Å². The normalized spacial score (nSPS) is 15.3. The number of alkyl halides is 4. The predicted molar refractivity (Wildman–Crippen MR) is 136 cm³/mol. The molecule has 0 aromatic heterocycles. The van der Waals surface area contributed by atoms with E-state index in [1.54, 1.807) is 30.3 Å². The first-order valence-corrected chi connectivity index (χ1v) is 12.5. The maximum atomic E-state index is 14.9. The lowest BCUT2D eigenvalue weighted by molar-refractivity contribution is -0.253. The molecule has 0 unspecified atom stereocenters. The maximum absolute atomic E-state index is 14.9. The number of hydrogen-bond donors (Lipinski definition) is 2. The first-order valence-electron chi connectivity index (χ1n) is 12.5. The summed E-state index contributed by atoms with van der Waals surface area (Å²) in [4.78, 5) is 37.9. The summed E-state index contributed by atoms with van der Waals surface area (Å²) < 4.78 is 90.8. The Bertz CT molecular complexity index is 1470. The summed E-state index contributed by atoms with van der Waals surface area (Å²) in [7, 11) is 0.997. The third kappa shape index (κ3) is 6.50. The standard InChI is InChI=1S/C29H24F6N2O5/c1-41-24(39)23(38)27(11-12-27)36-26(40)37-28(16-17-5-3-2-4-6-17,18-7-9-20(30)10-8-18)19-13-21(31)15-22(14-19)42-29(34,35)25(32)33/h2-10,13-15,25H,11-12,16H2,1H3,(H2,36,37,40)/t28-/m1/s1. The summed E-state index contributed by atoms with van der Waals surface area (Å²) in [5.74, 6) is -5.01. The number of amides is 2. The highest BCUT2D eigenvalue weighted by Crippen LogP contribution is 2.40. The summed E-state index contributed by atoms with van der Waals surface area (Å²) in [6.45, 7) is 0. The van der Waals surface area contributed by atoms with Gasteiger partial charge in [-0.15, -0.1) is 0 Å². The van der Waals surface area contributed by atoms with Crippen LogP contribution in [0.3, 0.4) is 0 Å². The molecule has 222 valence electrons. The monoisotopic (exact) mass is 594 g/mol. The van der Waals surface area contributed by atoms with Crippen LogP contribution in [-0.4, -0.2) is 43.0 Å². The summed E-state index contributed by atoms with van der Waals surface area (Å²) in [5, 5.41) is 5.08. The van der Waals surface area contributed by atoms with Gasteiger partial charge in [-0.3, -0.25) is 4.79 Å². The van der Waals surface area contributed by atoms with Crippen molar-refractivity contribution < 1.29 is 50.2 Å². The van der Waals surface area contributed by atoms with Crippen LogP contribution in [0.4, 0.5) is 31.1 Å². The highest BCUT2D eigenvalue weighted by Gasteiger charge is 2.55. The maximum Gasteiger partial charge on any atom is 0.461 e. The van der Waals surface area contributed by atoms with Gasteiger partial charge in [-0.05, 0) is 53.8 Å². The van der Waals surface area contributed by atoms with Crippen LogP contribution in [0.5, 0.6) is 5.75 Å². The van der Waals surface area contributed by atoms with E-state index in [9.17, 15) is 40.7 Å². The molecule has 42 heavy (non-hydrogen) atoms. The number of methoxy groups -OCH3 is 1. The van der Waals surface area contributed by atoms with Crippen LogP contribution in [0, 0.1) is 11.6 Å². The number of halogens is 6. The van der Waals surface area contributed by atoms with Gasteiger partial charge < -0.3 is 20.1 Å². The van der Waals surface area contributed by atoms with Crippen molar-refractivity contribution in [2.24, 2.45) is 0 Å². The van der Waals surface area contributed by atoms with Crippen molar-refractivity contribution in [1.29, 1.82) is 0 Å². The predicted octanol–water partition coefficient (Wildman–Crippen LogP) is 5.26. The molecule has 3 aromatic carbocycles. The molecule has 1 aliphatic carbocycles. The molecule has 0 radical (unpaired) electrons. The van der Waals surface area contributed by atoms with Crippen LogP contribution in [0.25, 0.3) is 0 Å². The first-order chi connectivity index (χ1) is 19.8. The highest BCUT2D eigenvalue weighted by atomic mass is 19.3. The number of ether oxygens (including phenoxy) is 2. The van der Waals surface area contributed by atoms with Crippen LogP contribution in [0.1, 0.15) is 29.5 Å². The van der Waals surface area contributed by atoms with Crippen molar-refractivity contribution >= 4 is 17.8 Å². The van der Waals surface area contributed by atoms with E-state index in [0.717, 1.165) is 31.4 Å². The Morgan fingerprint density at radius 2 is 1.55 bits per heavy atom. The molecule has 2 N–H and O–H groups in total. The molecule has 3 aromatic rings. The summed E-state index contributed by atoms with van der Waals surface area (Å²) in [6, 6.07) is 14.0. The summed E-state index contributed by atoms with van der Waals surface area (Å²) in [6.07, 6.45) is -9.19. The zero-order valence-electron chi connectivity index (χ0n) is 21.9. The number of nitrogens with one attached hydrogen (secondary N) is 2. The van der Waals surface area contributed by atoms with Crippen molar-refractivity contribution in [2.75, 3.05) is 7.11 Å². The van der Waals surface area contributed by atoms with E-state index in [0.29, 0.717) is 11.6 Å². The number of carbonyl (C=O) groups excluding carboxylic acids is 3. The molecule has 0 heterocycles. The molecular weight excluding hydrogens is 570 g/mol. The van der Waals surface area contributed by atoms with Gasteiger partial charge in [-0.25, -0.2) is 18.4 Å². The second kappa shape index (κ2) is 11.7. The van der Waals surface area contributed by atoms with Gasteiger partial charge in [0.1, 0.15) is 22.9 Å². The Hall–Kier alpha value is -4.55. The number of hydrogen-bond acceptors (Lipinski definition) is 5. The van der Waals surface area contributed by atoms with Crippen molar-refractivity contribution in [1.82, 2.24) is 10.6 Å². The van der Waals surface area contributed by atoms with E-state index in [-0.39, 0.29) is 30.4 Å². The Labute approximate surface area is 235 Å². The number of Topliss-reactive ketones (excluding diaryl/α,β-unsaturated/α-hetero) is 1. The van der Waals surface area contributed by atoms with Crippen molar-refractivity contribution in [2.45, 2.75) is 42.9 Å². The Morgan fingerprint density at radius 1 is 0.905 bits per heavy atom. The minimum atomic E-state index is -4.97. The van der Waals surface area contributed by atoms with Gasteiger partial charge >= 0.3 is 24.5 Å². The molecule has 1 fully saturated rings. The summed E-state index contributed by atoms with van der Waals surface area (Å²) in [5.41, 5.74) is -3.04. The van der Waals surface area contributed by atoms with Gasteiger partial charge in [-0.2, -0.15) is 17.6 Å². The third-order valence-electron chi connectivity index (χ3n) is 6.76. The van der Waals surface area contributed by atoms with Gasteiger partial charge in [0, 0.05) is 12.5 Å². The van der Waals surface area contributed by atoms with Crippen LogP contribution < -0.4 is 15.4 Å². The molecule has 1 aliphatic rings. The fourth-order valence-electron chi connectivity index (χ4n) is 4.53. The lowest BCUT2D eigenvalue weighted by atomic mass is 9.77. The molecule has 0 spiro atoms. The molecule has 1 atom stereocenters. The minimum absolute atomic E-state index is 0.108. The molecule has 2 amide bonds. The van der Waals surface area contributed by atoms with E-state index in [1.807, 2.05) is 0 Å². The van der Waals surface area contributed by atoms with Crippen LogP contribution in [-0.2, 0) is 26.3 Å². The lowest BCUT2D eigenvalue weighted by Crippen LogP contribution is -2.57. The number of urea groups is 1. The lowest BCUT2D eigenvalue weighted by Gasteiger charge is -2.37. The van der Waals surface area contributed by atoms with E-state index in [1.165, 1.54) is 12.1 Å². The van der Waals surface area contributed by atoms with Crippen LogP contribution >= 0.6 is 0 Å². The molecule has 0 saturated heterocycles. The molecule has 0 aliphatic heterocycles. The Balaban J connectivity index is 1.86. The minimum Gasteiger partial charge on any atom is -0.463 e. The average Bonchev–Trinajstić information content (AvgIpc) is 3.72. The second-order valence-corrected chi connectivity index (χ2v) is 9.70. The summed E-state index contributed by atoms with van der Waals surface area (Å²) >= 11 is 0. The molecular formula is C29H24F6N2O5. The van der Waals surface area contributed by atoms with E-state index in [4.69, 9.17) is 0 Å². The number of esters is 1. The van der Waals surface area contributed by atoms with Gasteiger partial charge in [0.25, 0.3) is 5.78 Å². The molecule has 1 saturated carbocycles. The zero-order chi connectivity index (χ0) is 30.7. The topological polar surface area (TPSA) is 93.7 Å². The average molecular weight is 595 g/mol. The van der Waals surface area contributed by atoms with Gasteiger partial charge in [-0.1, -0.05) is 42.5 Å². The number of carbonyl (C=O) groups is 3. The van der Waals surface area contributed by atoms with Gasteiger partial charge in [0.15, 0.2) is 0 Å². The SMILES string of the molecule is COC(=O)C(=O)C1(NC(=O)N[C@](Cc2ccccc2)(c2ccc(F)cc2)c2cc(F)cc(OC(F)(F)C(F)F)c2)CC1. The van der Waals surface area contributed by atoms with E-state index >= 15 is 0 Å². The fourth-order valence-corrected chi connectivity index (χ4v) is 4.53. The van der Waals surface area contributed by atoms with E-state index < -0.39 is 58.8 Å². The quantitative estimate of drug-likeness (QED) is 0.180. The molecule has 4 rings (SSSR count). The number of rotatable bonds is 11. The van der Waals surface area contributed by atoms with E-state index in [2.05, 4.69) is 20.1 Å². The number of ketones is 1. The number of benzene rings is 3. The third-order valence-corrected chi connectivity index (χ3v) is 6.76. The second-order valence-electron chi connectivity index (χ2n) is 9.70. The fraction of sp³-hybridized carbons (Fsp3) is 0.276. The Kier molecular flexibility index (Phi) is 8.50. The van der Waals surface area contributed by atoms with Crippen LogP contribution in [0.2, 0.25) is 0 Å². The molecule has 7 nitrogen and oxygen atoms in total. The molecule has 0 bridgehead atoms. The van der Waals surface area contributed by atoms with Gasteiger partial charge in [0.05, 0.1) is 12.6 Å². The van der Waals surface area contributed by atoms with Crippen molar-refractivity contribution in [3.63, 3.8) is 0 Å².